The van der Waals surface area contributed by atoms with E-state index in [0.717, 1.165) is 0 Å². The van der Waals surface area contributed by atoms with Crippen LogP contribution in [0.15, 0.2) is 12.7 Å². The molecule has 53 valence electrons. The summed E-state index contributed by atoms with van der Waals surface area (Å²) in [5, 5.41) is 0. The van der Waals surface area contributed by atoms with Crippen molar-refractivity contribution in [1.82, 2.24) is 0 Å². The van der Waals surface area contributed by atoms with Gasteiger partial charge in [-0.2, -0.15) is 0 Å². The molecular formula is C7H13O2. The number of rotatable bonds is 5. The Morgan fingerprint density at radius 2 is 2.22 bits per heavy atom. The molecule has 1 atom stereocenters. The van der Waals surface area contributed by atoms with Crippen LogP contribution in [-0.4, -0.2) is 19.5 Å². The van der Waals surface area contributed by atoms with Crippen LogP contribution in [-0.2, 0) is 9.47 Å². The van der Waals surface area contributed by atoms with E-state index in [2.05, 4.69) is 13.5 Å². The molecule has 9 heavy (non-hydrogen) atoms. The van der Waals surface area contributed by atoms with Gasteiger partial charge in [-0.15, -0.1) is 6.58 Å². The van der Waals surface area contributed by atoms with Crippen molar-refractivity contribution in [2.45, 2.75) is 13.2 Å². The highest BCUT2D eigenvalue weighted by molar-refractivity contribution is 4.64. The van der Waals surface area contributed by atoms with Crippen molar-refractivity contribution < 1.29 is 9.47 Å². The van der Waals surface area contributed by atoms with Gasteiger partial charge in [0.15, 0.2) is 6.29 Å². The Balaban J connectivity index is 3.04. The molecule has 0 spiro atoms. The molecule has 0 aliphatic heterocycles. The molecule has 0 aliphatic rings. The Morgan fingerprint density at radius 1 is 1.56 bits per heavy atom. The summed E-state index contributed by atoms with van der Waals surface area (Å²) in [7, 11) is 0. The molecule has 0 rings (SSSR count). The molecule has 1 radical (unpaired) electrons. The van der Waals surface area contributed by atoms with Crippen molar-refractivity contribution in [2.75, 3.05) is 13.2 Å². The summed E-state index contributed by atoms with van der Waals surface area (Å²) < 4.78 is 9.94. The van der Waals surface area contributed by atoms with Crippen LogP contribution in [0.5, 0.6) is 0 Å². The van der Waals surface area contributed by atoms with Crippen LogP contribution in [0.2, 0.25) is 0 Å². The van der Waals surface area contributed by atoms with E-state index in [1.165, 1.54) is 0 Å². The number of hydrogen-bond acceptors (Lipinski definition) is 2. The summed E-state index contributed by atoms with van der Waals surface area (Å²) in [4.78, 5) is 0. The van der Waals surface area contributed by atoms with Crippen molar-refractivity contribution in [1.29, 1.82) is 0 Å². The molecule has 0 fully saturated rings. The number of ether oxygens (including phenoxy) is 2. The van der Waals surface area contributed by atoms with E-state index in [-0.39, 0.29) is 6.29 Å². The van der Waals surface area contributed by atoms with Crippen LogP contribution >= 0.6 is 0 Å². The summed E-state index contributed by atoms with van der Waals surface area (Å²) in [6.45, 7) is 10.1. The normalized spacial score (nSPS) is 13.1. The maximum Gasteiger partial charge on any atom is 0.158 e. The predicted molar refractivity (Wildman–Crippen MR) is 36.9 cm³/mol. The summed E-state index contributed by atoms with van der Waals surface area (Å²) in [5.74, 6) is 0. The zero-order chi connectivity index (χ0) is 7.11. The van der Waals surface area contributed by atoms with E-state index < -0.39 is 0 Å². The first kappa shape index (κ1) is 8.66. The van der Waals surface area contributed by atoms with E-state index in [0.29, 0.717) is 13.2 Å². The molecule has 2 nitrogen and oxygen atoms in total. The zero-order valence-electron chi connectivity index (χ0n) is 5.80. The minimum atomic E-state index is -0.354. The second-order valence-electron chi connectivity index (χ2n) is 1.51. The summed E-state index contributed by atoms with van der Waals surface area (Å²) in [6.07, 6.45) is 1.31. The molecule has 0 heterocycles. The van der Waals surface area contributed by atoms with E-state index in [9.17, 15) is 0 Å². The zero-order valence-corrected chi connectivity index (χ0v) is 5.80. The van der Waals surface area contributed by atoms with Crippen molar-refractivity contribution in [2.24, 2.45) is 0 Å². The SMILES string of the molecule is [CH2]C(OCC)OCC=C. The van der Waals surface area contributed by atoms with Gasteiger partial charge in [0.1, 0.15) is 0 Å². The number of hydrogen-bond donors (Lipinski definition) is 0. The van der Waals surface area contributed by atoms with Crippen molar-refractivity contribution in [3.8, 4) is 0 Å². The third-order valence-electron chi connectivity index (χ3n) is 0.753. The molecule has 0 aliphatic carbocycles. The Kier molecular flexibility index (Phi) is 5.57. The maximum atomic E-state index is 4.98. The summed E-state index contributed by atoms with van der Waals surface area (Å²) >= 11 is 0. The Bertz CT molecular complexity index is 71.3. The molecule has 0 saturated carbocycles. The molecule has 0 N–H and O–H groups in total. The molecule has 0 bridgehead atoms. The van der Waals surface area contributed by atoms with Gasteiger partial charge in [0.2, 0.25) is 0 Å². The molecule has 1 unspecified atom stereocenters. The quantitative estimate of drug-likeness (QED) is 0.412. The topological polar surface area (TPSA) is 18.5 Å². The first-order valence-corrected chi connectivity index (χ1v) is 2.98. The lowest BCUT2D eigenvalue weighted by molar-refractivity contribution is -0.101. The van der Waals surface area contributed by atoms with Gasteiger partial charge in [-0.25, -0.2) is 0 Å². The van der Waals surface area contributed by atoms with E-state index in [4.69, 9.17) is 9.47 Å². The van der Waals surface area contributed by atoms with E-state index in [1.54, 1.807) is 6.08 Å². The third-order valence-corrected chi connectivity index (χ3v) is 0.753. The fourth-order valence-corrected chi connectivity index (χ4v) is 0.409. The fraction of sp³-hybridized carbons (Fsp3) is 0.571. The highest BCUT2D eigenvalue weighted by Gasteiger charge is 1.95. The van der Waals surface area contributed by atoms with Gasteiger partial charge in [0, 0.05) is 13.5 Å². The molecule has 0 aromatic rings. The van der Waals surface area contributed by atoms with E-state index >= 15 is 0 Å². The van der Waals surface area contributed by atoms with Gasteiger partial charge in [-0.05, 0) is 6.92 Å². The highest BCUT2D eigenvalue weighted by atomic mass is 16.7. The van der Waals surface area contributed by atoms with Crippen LogP contribution in [0.25, 0.3) is 0 Å². The Morgan fingerprint density at radius 3 is 2.67 bits per heavy atom. The van der Waals surface area contributed by atoms with Crippen LogP contribution in [0.3, 0.4) is 0 Å². The third kappa shape index (κ3) is 5.53. The average Bonchev–Trinajstić information content (AvgIpc) is 1.85. The average molecular weight is 129 g/mol. The van der Waals surface area contributed by atoms with Crippen LogP contribution in [0.1, 0.15) is 6.92 Å². The van der Waals surface area contributed by atoms with Crippen LogP contribution in [0.4, 0.5) is 0 Å². The van der Waals surface area contributed by atoms with Crippen molar-refractivity contribution in [3.05, 3.63) is 19.6 Å². The molecular weight excluding hydrogens is 116 g/mol. The predicted octanol–water partition coefficient (Wildman–Crippen LogP) is 1.39. The standard InChI is InChI=1S/C7H13O2/c1-4-6-9-7(3)8-5-2/h4,7H,1,3,5-6H2,2H3. The molecule has 0 aromatic heterocycles. The maximum absolute atomic E-state index is 4.98. The minimum Gasteiger partial charge on any atom is -0.353 e. The smallest absolute Gasteiger partial charge is 0.158 e. The largest absolute Gasteiger partial charge is 0.353 e. The second kappa shape index (κ2) is 5.79. The monoisotopic (exact) mass is 129 g/mol. The molecule has 0 saturated heterocycles. The molecule has 0 amide bonds. The Hall–Kier alpha value is -0.340. The Labute approximate surface area is 56.5 Å². The summed E-state index contributed by atoms with van der Waals surface area (Å²) in [5.41, 5.74) is 0. The van der Waals surface area contributed by atoms with Crippen LogP contribution < -0.4 is 0 Å². The van der Waals surface area contributed by atoms with Gasteiger partial charge in [-0.3, -0.25) is 0 Å². The van der Waals surface area contributed by atoms with Gasteiger partial charge >= 0.3 is 0 Å². The molecule has 0 aromatic carbocycles. The molecule has 2 heteroatoms. The highest BCUT2D eigenvalue weighted by Crippen LogP contribution is 1.90. The fourth-order valence-electron chi connectivity index (χ4n) is 0.409. The van der Waals surface area contributed by atoms with Gasteiger partial charge < -0.3 is 9.47 Å². The second-order valence-corrected chi connectivity index (χ2v) is 1.51. The van der Waals surface area contributed by atoms with Crippen LogP contribution in [0, 0.1) is 6.92 Å². The lowest BCUT2D eigenvalue weighted by Gasteiger charge is -2.09. The first-order valence-electron chi connectivity index (χ1n) is 2.98. The first-order chi connectivity index (χ1) is 4.31. The van der Waals surface area contributed by atoms with Crippen molar-refractivity contribution in [3.63, 3.8) is 0 Å². The van der Waals surface area contributed by atoms with Gasteiger partial charge in [0.25, 0.3) is 0 Å². The lowest BCUT2D eigenvalue weighted by Crippen LogP contribution is -2.12. The minimum absolute atomic E-state index is 0.354. The van der Waals surface area contributed by atoms with Gasteiger partial charge in [0.05, 0.1) is 6.61 Å². The lowest BCUT2D eigenvalue weighted by atomic mass is 10.6. The van der Waals surface area contributed by atoms with E-state index in [1.807, 2.05) is 6.92 Å². The summed E-state index contributed by atoms with van der Waals surface area (Å²) in [6, 6.07) is 0. The van der Waals surface area contributed by atoms with Gasteiger partial charge in [-0.1, -0.05) is 6.08 Å². The van der Waals surface area contributed by atoms with Crippen molar-refractivity contribution >= 4 is 0 Å².